The van der Waals surface area contributed by atoms with Gasteiger partial charge < -0.3 is 15.0 Å². The molecular weight excluding hydrogens is 659 g/mol. The van der Waals surface area contributed by atoms with E-state index in [0.29, 0.717) is 25.1 Å². The van der Waals surface area contributed by atoms with Gasteiger partial charge in [-0.1, -0.05) is 66.7 Å². The maximum absolute atomic E-state index is 13.8. The molecule has 0 bridgehead atoms. The third-order valence-electron chi connectivity index (χ3n) is 8.78. The van der Waals surface area contributed by atoms with Crippen molar-refractivity contribution in [2.45, 2.75) is 39.4 Å². The molecule has 5 aromatic carbocycles. The number of amides is 1. The molecule has 0 fully saturated rings. The van der Waals surface area contributed by atoms with Gasteiger partial charge in [0.1, 0.15) is 11.0 Å². The van der Waals surface area contributed by atoms with Crippen molar-refractivity contribution in [3.05, 3.63) is 143 Å². The molecule has 0 saturated heterocycles. The number of thiazole rings is 1. The van der Waals surface area contributed by atoms with Crippen LogP contribution in [0.4, 0.5) is 5.69 Å². The van der Waals surface area contributed by atoms with Gasteiger partial charge in [0.15, 0.2) is 0 Å². The molecule has 1 aromatic heterocycles. The molecule has 8 heteroatoms. The van der Waals surface area contributed by atoms with E-state index in [4.69, 9.17) is 9.72 Å². The average molecular weight is 700 g/mol. The second-order valence-electron chi connectivity index (χ2n) is 12.4. The van der Waals surface area contributed by atoms with Gasteiger partial charge in [-0.3, -0.25) is 4.79 Å². The fourth-order valence-electron chi connectivity index (χ4n) is 6.08. The summed E-state index contributed by atoms with van der Waals surface area (Å²) in [4.78, 5) is 33.6. The fourth-order valence-corrected chi connectivity index (χ4v) is 7.62. The molecule has 0 aliphatic rings. The van der Waals surface area contributed by atoms with Crippen LogP contribution in [0, 0.1) is 13.8 Å². The van der Waals surface area contributed by atoms with E-state index in [1.165, 1.54) is 22.9 Å². The molecule has 6 rings (SSSR count). The summed E-state index contributed by atoms with van der Waals surface area (Å²) in [6.45, 7) is 5.48. The van der Waals surface area contributed by atoms with Crippen molar-refractivity contribution < 1.29 is 14.3 Å². The number of aromatic nitrogens is 1. The normalized spacial score (nSPS) is 11.7. The lowest BCUT2D eigenvalue weighted by Gasteiger charge is -2.26. The molecule has 6 nitrogen and oxygen atoms in total. The number of esters is 1. The van der Waals surface area contributed by atoms with Crippen molar-refractivity contribution in [1.29, 1.82) is 0 Å². The summed E-state index contributed by atoms with van der Waals surface area (Å²) in [5.74, 6) is -0.0161. The Morgan fingerprint density at radius 3 is 2.32 bits per heavy atom. The Morgan fingerprint density at radius 1 is 0.840 bits per heavy atom. The summed E-state index contributed by atoms with van der Waals surface area (Å²) >= 11 is 3.34. The number of thioether (sulfide) groups is 1. The Morgan fingerprint density at radius 2 is 1.58 bits per heavy atom. The molecule has 0 aliphatic heterocycles. The second-order valence-corrected chi connectivity index (χ2v) is 14.4. The van der Waals surface area contributed by atoms with Crippen molar-refractivity contribution in [3.8, 4) is 21.7 Å². The van der Waals surface area contributed by atoms with Gasteiger partial charge >= 0.3 is 5.97 Å². The number of hydrogen-bond donors (Lipinski definition) is 1. The van der Waals surface area contributed by atoms with Crippen LogP contribution in [-0.2, 0) is 22.6 Å². The molecule has 6 aromatic rings. The molecule has 0 saturated carbocycles. The molecule has 254 valence electrons. The summed E-state index contributed by atoms with van der Waals surface area (Å²) in [6.07, 6.45) is 2.47. The topological polar surface area (TPSA) is 71.5 Å². The molecule has 0 spiro atoms. The molecule has 0 aliphatic carbocycles. The molecule has 50 heavy (non-hydrogen) atoms. The predicted octanol–water partition coefficient (Wildman–Crippen LogP) is 9.48. The highest BCUT2D eigenvalue weighted by Gasteiger charge is 2.24. The van der Waals surface area contributed by atoms with E-state index in [1.54, 1.807) is 23.1 Å². The Kier molecular flexibility index (Phi) is 11.3. The Labute approximate surface area is 302 Å². The van der Waals surface area contributed by atoms with E-state index >= 15 is 0 Å². The van der Waals surface area contributed by atoms with Crippen molar-refractivity contribution in [1.82, 2.24) is 10.3 Å². The lowest BCUT2D eigenvalue weighted by Crippen LogP contribution is -2.42. The van der Waals surface area contributed by atoms with E-state index < -0.39 is 12.0 Å². The van der Waals surface area contributed by atoms with Crippen LogP contribution in [0.5, 0.6) is 0 Å². The van der Waals surface area contributed by atoms with E-state index in [1.807, 2.05) is 42.7 Å². The van der Waals surface area contributed by atoms with Crippen LogP contribution >= 0.6 is 23.1 Å². The number of fused-ring (bicyclic) bond motifs is 1. The minimum Gasteiger partial charge on any atom is -0.467 e. The number of carbonyl (C=O) groups excluding carboxylic acids is 2. The monoisotopic (exact) mass is 699 g/mol. The van der Waals surface area contributed by atoms with Gasteiger partial charge in [0.25, 0.3) is 5.91 Å². The molecular formula is C42H41N3O3S2. The number of carbonyl (C=O) groups is 2. The van der Waals surface area contributed by atoms with Crippen LogP contribution in [0.3, 0.4) is 0 Å². The molecule has 1 heterocycles. The van der Waals surface area contributed by atoms with Crippen molar-refractivity contribution in [2.24, 2.45) is 0 Å². The van der Waals surface area contributed by atoms with Crippen LogP contribution in [0.2, 0.25) is 0 Å². The maximum Gasteiger partial charge on any atom is 0.328 e. The van der Waals surface area contributed by atoms with Gasteiger partial charge in [-0.2, -0.15) is 11.8 Å². The van der Waals surface area contributed by atoms with Crippen LogP contribution < -0.4 is 10.2 Å². The fraction of sp³-hybridized carbons (Fsp3) is 0.214. The van der Waals surface area contributed by atoms with Crippen molar-refractivity contribution in [2.75, 3.05) is 24.0 Å². The Balaban J connectivity index is 1.33. The highest BCUT2D eigenvalue weighted by molar-refractivity contribution is 7.98. The lowest BCUT2D eigenvalue weighted by molar-refractivity contribution is -0.142. The molecule has 1 atom stereocenters. The summed E-state index contributed by atoms with van der Waals surface area (Å²) in [6, 6.07) is 38.8. The van der Waals surface area contributed by atoms with Crippen LogP contribution in [0.1, 0.15) is 39.0 Å². The number of ether oxygens (including phenoxy) is 1. The summed E-state index contributed by atoms with van der Waals surface area (Å²) in [5, 5.41) is 3.96. The Bertz CT molecular complexity index is 2090. The quantitative estimate of drug-likeness (QED) is 0.121. The zero-order valence-corrected chi connectivity index (χ0v) is 30.4. The first-order valence-corrected chi connectivity index (χ1v) is 18.9. The standard InChI is InChI=1S/C42H41N3O3S2/c1-28-14-21-37-39(24-28)50-41(44-37)32-16-18-33(19-17-32)45(26-30-11-6-5-7-12-30)27-31-15-20-35(36(25-31)34-13-9-8-10-29(34)2)40(46)43-38(22-23-49-4)42(47)48-3/h5-21,24-25,38H,22-23,26-27H2,1-4H3,(H,43,46). The van der Waals surface area contributed by atoms with E-state index in [-0.39, 0.29) is 5.91 Å². The SMILES string of the molecule is COC(=O)C(CCSC)NC(=O)c1ccc(CN(Cc2ccccc2)c2ccc(-c3nc4ccc(C)cc4s3)cc2)cc1-c1ccccc1C. The predicted molar refractivity (Wildman–Crippen MR) is 209 cm³/mol. The maximum atomic E-state index is 13.8. The van der Waals surface area contributed by atoms with Gasteiger partial charge in [0.05, 0.1) is 17.3 Å². The van der Waals surface area contributed by atoms with Crippen molar-refractivity contribution >= 4 is 50.9 Å². The number of rotatable bonds is 13. The molecule has 1 N–H and O–H groups in total. The molecule has 1 amide bonds. The third-order valence-corrected chi connectivity index (χ3v) is 10.5. The number of methoxy groups -OCH3 is 1. The minimum atomic E-state index is -0.722. The van der Waals surface area contributed by atoms with Gasteiger partial charge in [0.2, 0.25) is 0 Å². The first-order chi connectivity index (χ1) is 24.3. The first-order valence-electron chi connectivity index (χ1n) is 16.7. The molecule has 0 radical (unpaired) electrons. The van der Waals surface area contributed by atoms with E-state index in [2.05, 4.69) is 103 Å². The van der Waals surface area contributed by atoms with Gasteiger partial charge in [-0.15, -0.1) is 11.3 Å². The molecule has 1 unspecified atom stereocenters. The second kappa shape index (κ2) is 16.2. The van der Waals surface area contributed by atoms with Gasteiger partial charge in [-0.25, -0.2) is 9.78 Å². The van der Waals surface area contributed by atoms with Crippen LogP contribution in [-0.4, -0.2) is 42.0 Å². The highest BCUT2D eigenvalue weighted by Crippen LogP contribution is 2.33. The van der Waals surface area contributed by atoms with Crippen LogP contribution in [0.25, 0.3) is 31.9 Å². The average Bonchev–Trinajstić information content (AvgIpc) is 3.56. The van der Waals surface area contributed by atoms with Crippen LogP contribution in [0.15, 0.2) is 115 Å². The van der Waals surface area contributed by atoms with E-state index in [0.717, 1.165) is 49.8 Å². The third kappa shape index (κ3) is 8.26. The van der Waals surface area contributed by atoms with Gasteiger partial charge in [-0.05, 0) is 114 Å². The number of benzene rings is 5. The summed E-state index contributed by atoms with van der Waals surface area (Å²) < 4.78 is 6.20. The largest absolute Gasteiger partial charge is 0.467 e. The summed E-state index contributed by atoms with van der Waals surface area (Å²) in [5.41, 5.74) is 10.1. The lowest BCUT2D eigenvalue weighted by atomic mass is 9.93. The van der Waals surface area contributed by atoms with E-state index in [9.17, 15) is 9.59 Å². The smallest absolute Gasteiger partial charge is 0.328 e. The number of anilines is 1. The summed E-state index contributed by atoms with van der Waals surface area (Å²) in [7, 11) is 1.35. The zero-order valence-electron chi connectivity index (χ0n) is 28.8. The van der Waals surface area contributed by atoms with Gasteiger partial charge in [0, 0.05) is 29.9 Å². The number of nitrogens with one attached hydrogen (secondary N) is 1. The number of hydrogen-bond acceptors (Lipinski definition) is 7. The number of nitrogens with zero attached hydrogens (tertiary/aromatic N) is 2. The zero-order chi connectivity index (χ0) is 35.0. The van der Waals surface area contributed by atoms with Crippen molar-refractivity contribution in [3.63, 3.8) is 0 Å². The minimum absolute atomic E-state index is 0.298. The highest BCUT2D eigenvalue weighted by atomic mass is 32.2. The Hall–Kier alpha value is -4.92. The first kappa shape index (κ1) is 34.9. The number of aryl methyl sites for hydroxylation is 2.